The highest BCUT2D eigenvalue weighted by Crippen LogP contribution is 2.41. The molecule has 0 saturated heterocycles. The van der Waals surface area contributed by atoms with Crippen molar-refractivity contribution in [2.45, 2.75) is 25.0 Å². The number of nitrogens with one attached hydrogen (secondary N) is 1. The minimum Gasteiger partial charge on any atom is -0.359 e. The number of carbonyl (C=O) groups is 2. The summed E-state index contributed by atoms with van der Waals surface area (Å²) < 4.78 is 5.56. The van der Waals surface area contributed by atoms with Gasteiger partial charge in [-0.15, -0.1) is 0 Å². The molecule has 5 nitrogen and oxygen atoms in total. The Balaban J connectivity index is 1.86. The second-order valence-corrected chi connectivity index (χ2v) is 3.89. The zero-order chi connectivity index (χ0) is 12.1. The number of rotatable bonds is 6. The Kier molecular flexibility index (Phi) is 3.39. The molecule has 1 saturated carbocycles. The molecule has 1 aromatic carbocycles. The fourth-order valence-electron chi connectivity index (χ4n) is 1.49. The summed E-state index contributed by atoms with van der Waals surface area (Å²) in [6.07, 6.45) is 1.56. The third kappa shape index (κ3) is 2.82. The van der Waals surface area contributed by atoms with Crippen LogP contribution in [0.1, 0.15) is 18.4 Å². The number of hydrogen-bond donors (Lipinski definition) is 1. The molecular formula is C12H13NO4. The third-order valence-electron chi connectivity index (χ3n) is 2.63. The maximum atomic E-state index is 11.5. The van der Waals surface area contributed by atoms with Gasteiger partial charge in [-0.1, -0.05) is 30.3 Å². The first-order valence-corrected chi connectivity index (χ1v) is 5.35. The number of carbonyl (C=O) groups excluding carboxylic acids is 2. The topological polar surface area (TPSA) is 64.6 Å². The lowest BCUT2D eigenvalue weighted by molar-refractivity contribution is -0.170. The molecule has 17 heavy (non-hydrogen) atoms. The van der Waals surface area contributed by atoms with E-state index in [1.54, 1.807) is 0 Å². The normalized spacial score (nSPS) is 16.0. The molecule has 0 aliphatic heterocycles. The molecule has 0 heterocycles. The van der Waals surface area contributed by atoms with Gasteiger partial charge in [0.25, 0.3) is 0 Å². The molecule has 0 unspecified atom stereocenters. The molecule has 0 atom stereocenters. The number of benzene rings is 1. The number of ether oxygens (including phenoxy) is 1. The maximum Gasteiger partial charge on any atom is 0.363 e. The van der Waals surface area contributed by atoms with Crippen LogP contribution in [-0.4, -0.2) is 18.0 Å². The van der Waals surface area contributed by atoms with Gasteiger partial charge in [0.2, 0.25) is 6.41 Å². The van der Waals surface area contributed by atoms with E-state index < -0.39 is 11.6 Å². The van der Waals surface area contributed by atoms with Gasteiger partial charge in [0.15, 0.2) is 5.60 Å². The lowest BCUT2D eigenvalue weighted by Crippen LogP contribution is -2.32. The van der Waals surface area contributed by atoms with Gasteiger partial charge in [-0.3, -0.25) is 4.79 Å². The van der Waals surface area contributed by atoms with Crippen molar-refractivity contribution in [3.05, 3.63) is 35.9 Å². The van der Waals surface area contributed by atoms with Gasteiger partial charge in [0.05, 0.1) is 6.61 Å². The van der Waals surface area contributed by atoms with E-state index in [4.69, 9.17) is 4.74 Å². The highest BCUT2D eigenvalue weighted by Gasteiger charge is 2.53. The lowest BCUT2D eigenvalue weighted by Gasteiger charge is -2.14. The van der Waals surface area contributed by atoms with Crippen LogP contribution in [0.15, 0.2) is 30.3 Å². The molecule has 0 spiro atoms. The van der Waals surface area contributed by atoms with Gasteiger partial charge < -0.3 is 9.57 Å². The van der Waals surface area contributed by atoms with Crippen molar-refractivity contribution in [1.29, 1.82) is 0 Å². The van der Waals surface area contributed by atoms with Crippen LogP contribution in [0.5, 0.6) is 0 Å². The zero-order valence-electron chi connectivity index (χ0n) is 9.22. The third-order valence-corrected chi connectivity index (χ3v) is 2.63. The quantitative estimate of drug-likeness (QED) is 0.588. The minimum atomic E-state index is -0.869. The molecule has 0 bridgehead atoms. The Hall–Kier alpha value is -1.88. The van der Waals surface area contributed by atoms with Gasteiger partial charge in [-0.25, -0.2) is 4.79 Å². The fourth-order valence-corrected chi connectivity index (χ4v) is 1.49. The van der Waals surface area contributed by atoms with Gasteiger partial charge in [-0.2, -0.15) is 5.48 Å². The van der Waals surface area contributed by atoms with Crippen molar-refractivity contribution in [2.24, 2.45) is 0 Å². The highest BCUT2D eigenvalue weighted by atomic mass is 16.7. The molecule has 2 rings (SSSR count). The number of hydrogen-bond acceptors (Lipinski definition) is 4. The summed E-state index contributed by atoms with van der Waals surface area (Å²) in [7, 11) is 0. The van der Waals surface area contributed by atoms with E-state index in [1.807, 2.05) is 35.8 Å². The van der Waals surface area contributed by atoms with E-state index in [9.17, 15) is 9.59 Å². The second kappa shape index (κ2) is 4.97. The maximum absolute atomic E-state index is 11.5. The zero-order valence-corrected chi connectivity index (χ0v) is 9.22. The Labute approximate surface area is 98.7 Å². The molecule has 0 radical (unpaired) electrons. The molecule has 1 aliphatic rings. The molecule has 1 aromatic rings. The Morgan fingerprint density at radius 1 is 1.35 bits per heavy atom. The summed E-state index contributed by atoms with van der Waals surface area (Å²) in [6.45, 7) is 0.358. The van der Waals surface area contributed by atoms with Gasteiger partial charge in [0, 0.05) is 0 Å². The summed E-state index contributed by atoms with van der Waals surface area (Å²) >= 11 is 0. The average molecular weight is 235 g/mol. The van der Waals surface area contributed by atoms with E-state index in [0.717, 1.165) is 5.56 Å². The van der Waals surface area contributed by atoms with E-state index in [1.165, 1.54) is 0 Å². The molecule has 1 amide bonds. The molecule has 1 aliphatic carbocycles. The van der Waals surface area contributed by atoms with Crippen LogP contribution in [0, 0.1) is 0 Å². The van der Waals surface area contributed by atoms with E-state index in [2.05, 4.69) is 4.84 Å². The van der Waals surface area contributed by atoms with Crippen molar-refractivity contribution in [3.63, 3.8) is 0 Å². The van der Waals surface area contributed by atoms with Crippen molar-refractivity contribution < 1.29 is 19.2 Å². The summed E-state index contributed by atoms with van der Waals surface area (Å²) in [5, 5.41) is 0. The van der Waals surface area contributed by atoms with Crippen LogP contribution in [0.4, 0.5) is 0 Å². The first-order chi connectivity index (χ1) is 8.27. The van der Waals surface area contributed by atoms with Crippen molar-refractivity contribution in [3.8, 4) is 0 Å². The predicted octanol–water partition coefficient (Wildman–Crippen LogP) is 0.940. The van der Waals surface area contributed by atoms with Crippen LogP contribution in [0.2, 0.25) is 0 Å². The van der Waals surface area contributed by atoms with Gasteiger partial charge >= 0.3 is 5.97 Å². The molecule has 5 heteroatoms. The van der Waals surface area contributed by atoms with Gasteiger partial charge in [-0.05, 0) is 18.4 Å². The molecule has 0 aromatic heterocycles. The molecule has 90 valence electrons. The summed E-state index contributed by atoms with van der Waals surface area (Å²) in [5.74, 6) is -0.541. The monoisotopic (exact) mass is 235 g/mol. The first-order valence-electron chi connectivity index (χ1n) is 5.35. The Morgan fingerprint density at radius 2 is 2.06 bits per heavy atom. The largest absolute Gasteiger partial charge is 0.363 e. The lowest BCUT2D eigenvalue weighted by atomic mass is 10.2. The Bertz CT molecular complexity index is 400. The number of amides is 1. The summed E-state index contributed by atoms with van der Waals surface area (Å²) in [6, 6.07) is 9.57. The van der Waals surface area contributed by atoms with Crippen molar-refractivity contribution in [1.82, 2.24) is 5.48 Å². The van der Waals surface area contributed by atoms with Crippen LogP contribution in [0.3, 0.4) is 0 Å². The second-order valence-electron chi connectivity index (χ2n) is 3.89. The molecular weight excluding hydrogens is 222 g/mol. The smallest absolute Gasteiger partial charge is 0.359 e. The SMILES string of the molecule is O=CNOC(=O)C1(OCc2ccccc2)CC1. The van der Waals surface area contributed by atoms with E-state index in [0.29, 0.717) is 25.9 Å². The van der Waals surface area contributed by atoms with E-state index in [-0.39, 0.29) is 0 Å². The van der Waals surface area contributed by atoms with Crippen molar-refractivity contribution >= 4 is 12.4 Å². The number of hydroxylamine groups is 1. The summed E-state index contributed by atoms with van der Waals surface area (Å²) in [4.78, 5) is 26.1. The van der Waals surface area contributed by atoms with Crippen LogP contribution in [0.25, 0.3) is 0 Å². The first kappa shape index (κ1) is 11.6. The van der Waals surface area contributed by atoms with E-state index >= 15 is 0 Å². The van der Waals surface area contributed by atoms with Crippen molar-refractivity contribution in [2.75, 3.05) is 0 Å². The predicted molar refractivity (Wildman–Crippen MR) is 58.5 cm³/mol. The Morgan fingerprint density at radius 3 is 2.65 bits per heavy atom. The van der Waals surface area contributed by atoms with Crippen LogP contribution in [-0.2, 0) is 25.8 Å². The van der Waals surface area contributed by atoms with Crippen LogP contribution >= 0.6 is 0 Å². The minimum absolute atomic E-state index is 0.311. The molecule has 1 fully saturated rings. The fraction of sp³-hybridized carbons (Fsp3) is 0.333. The summed E-state index contributed by atoms with van der Waals surface area (Å²) in [5.41, 5.74) is 2.01. The highest BCUT2D eigenvalue weighted by molar-refractivity contribution is 5.83. The average Bonchev–Trinajstić information content (AvgIpc) is 3.16. The standard InChI is InChI=1S/C12H13NO4/c14-9-13-17-11(15)12(6-7-12)16-8-10-4-2-1-3-5-10/h1-5,9H,6-8H2,(H,13,14). The van der Waals surface area contributed by atoms with Gasteiger partial charge in [0.1, 0.15) is 0 Å². The van der Waals surface area contributed by atoms with Crippen LogP contribution < -0.4 is 5.48 Å². The molecule has 1 N–H and O–H groups in total.